The van der Waals surface area contributed by atoms with E-state index in [1.165, 1.54) is 5.56 Å². The molecule has 0 bridgehead atoms. The molecule has 0 spiro atoms. The summed E-state index contributed by atoms with van der Waals surface area (Å²) in [4.78, 5) is 0. The Morgan fingerprint density at radius 2 is 2.21 bits per heavy atom. The van der Waals surface area contributed by atoms with Gasteiger partial charge in [-0.3, -0.25) is 0 Å². The van der Waals surface area contributed by atoms with Crippen molar-refractivity contribution in [3.05, 3.63) is 57.4 Å². The highest BCUT2D eigenvalue weighted by Gasteiger charge is 2.17. The highest BCUT2D eigenvalue weighted by atomic mass is 79.9. The molecule has 1 unspecified atom stereocenters. The van der Waals surface area contributed by atoms with Crippen LogP contribution in [0.25, 0.3) is 0 Å². The molecule has 0 aliphatic rings. The first-order valence-electron chi connectivity index (χ1n) is 6.41. The second-order valence-electron chi connectivity index (χ2n) is 4.49. The van der Waals surface area contributed by atoms with Crippen molar-refractivity contribution in [3.63, 3.8) is 0 Å². The van der Waals surface area contributed by atoms with Crippen LogP contribution in [-0.2, 0) is 6.42 Å². The van der Waals surface area contributed by atoms with E-state index in [0.717, 1.165) is 29.4 Å². The summed E-state index contributed by atoms with van der Waals surface area (Å²) in [5.41, 5.74) is 2.29. The Hall–Kier alpha value is -0.770. The van der Waals surface area contributed by atoms with Gasteiger partial charge in [-0.05, 0) is 54.7 Å². The van der Waals surface area contributed by atoms with Crippen molar-refractivity contribution in [2.24, 2.45) is 0 Å². The molecular weight excluding hydrogens is 326 g/mol. The summed E-state index contributed by atoms with van der Waals surface area (Å²) in [5.74, 6) is 0. The van der Waals surface area contributed by atoms with Crippen LogP contribution in [0.1, 0.15) is 30.5 Å². The van der Waals surface area contributed by atoms with Crippen LogP contribution < -0.4 is 5.32 Å². The van der Waals surface area contributed by atoms with Gasteiger partial charge < -0.3 is 9.73 Å². The van der Waals surface area contributed by atoms with E-state index in [4.69, 9.17) is 16.0 Å². The van der Waals surface area contributed by atoms with E-state index in [1.54, 1.807) is 6.26 Å². The van der Waals surface area contributed by atoms with E-state index < -0.39 is 0 Å². The molecule has 0 aliphatic carbocycles. The third kappa shape index (κ3) is 4.10. The molecule has 0 fully saturated rings. The first-order chi connectivity index (χ1) is 9.20. The van der Waals surface area contributed by atoms with Gasteiger partial charge in [-0.1, -0.05) is 35.0 Å². The standard InChI is InChI=1S/C15H17BrClNO/c1-2-7-18-14(13-6-8-19-15(13)17)10-11-4-3-5-12(16)9-11/h3-6,8-9,14,18H,2,7,10H2,1H3. The predicted molar refractivity (Wildman–Crippen MR) is 82.6 cm³/mol. The topological polar surface area (TPSA) is 25.2 Å². The van der Waals surface area contributed by atoms with Crippen LogP contribution in [0, 0.1) is 0 Å². The Kier molecular flexibility index (Phi) is 5.49. The molecule has 0 aliphatic heterocycles. The van der Waals surface area contributed by atoms with Crippen LogP contribution in [0.4, 0.5) is 0 Å². The molecule has 19 heavy (non-hydrogen) atoms. The summed E-state index contributed by atoms with van der Waals surface area (Å²) in [7, 11) is 0. The minimum atomic E-state index is 0.181. The second kappa shape index (κ2) is 7.13. The summed E-state index contributed by atoms with van der Waals surface area (Å²) < 4.78 is 6.30. The van der Waals surface area contributed by atoms with E-state index in [-0.39, 0.29) is 6.04 Å². The molecule has 4 heteroatoms. The third-order valence-corrected chi connectivity index (χ3v) is 3.79. The van der Waals surface area contributed by atoms with E-state index in [2.05, 4.69) is 40.3 Å². The zero-order valence-electron chi connectivity index (χ0n) is 10.8. The number of furan rings is 1. The molecule has 0 radical (unpaired) electrons. The number of rotatable bonds is 6. The first kappa shape index (κ1) is 14.6. The zero-order valence-corrected chi connectivity index (χ0v) is 13.2. The van der Waals surface area contributed by atoms with Gasteiger partial charge in [0.2, 0.25) is 0 Å². The Morgan fingerprint density at radius 1 is 1.37 bits per heavy atom. The van der Waals surface area contributed by atoms with Gasteiger partial charge in [0.15, 0.2) is 5.22 Å². The van der Waals surface area contributed by atoms with E-state index in [1.807, 2.05) is 18.2 Å². The van der Waals surface area contributed by atoms with Crippen molar-refractivity contribution >= 4 is 27.5 Å². The molecule has 1 heterocycles. The third-order valence-electron chi connectivity index (χ3n) is 2.99. The maximum absolute atomic E-state index is 6.10. The molecular formula is C15H17BrClNO. The molecule has 1 atom stereocenters. The quantitative estimate of drug-likeness (QED) is 0.801. The number of nitrogens with one attached hydrogen (secondary N) is 1. The minimum absolute atomic E-state index is 0.181. The fourth-order valence-electron chi connectivity index (χ4n) is 2.06. The number of hydrogen-bond acceptors (Lipinski definition) is 2. The average Bonchev–Trinajstić information content (AvgIpc) is 2.81. The van der Waals surface area contributed by atoms with Gasteiger partial charge >= 0.3 is 0 Å². The fraction of sp³-hybridized carbons (Fsp3) is 0.333. The monoisotopic (exact) mass is 341 g/mol. The van der Waals surface area contributed by atoms with Crippen LogP contribution in [-0.4, -0.2) is 6.54 Å². The Labute approximate surface area is 127 Å². The summed E-state index contributed by atoms with van der Waals surface area (Å²) in [5, 5.41) is 4.00. The molecule has 2 nitrogen and oxygen atoms in total. The molecule has 0 saturated carbocycles. The summed E-state index contributed by atoms with van der Waals surface area (Å²) in [6, 6.07) is 10.5. The summed E-state index contributed by atoms with van der Waals surface area (Å²) in [6.45, 7) is 3.11. The van der Waals surface area contributed by atoms with Crippen molar-refractivity contribution in [1.29, 1.82) is 0 Å². The van der Waals surface area contributed by atoms with Crippen LogP contribution in [0.2, 0.25) is 5.22 Å². The van der Waals surface area contributed by atoms with Crippen LogP contribution in [0.5, 0.6) is 0 Å². The van der Waals surface area contributed by atoms with E-state index >= 15 is 0 Å². The summed E-state index contributed by atoms with van der Waals surface area (Å²) in [6.07, 6.45) is 3.61. The predicted octanol–water partition coefficient (Wildman–Crippen LogP) is 4.98. The molecule has 2 rings (SSSR count). The van der Waals surface area contributed by atoms with Gasteiger partial charge in [0, 0.05) is 16.1 Å². The van der Waals surface area contributed by atoms with Gasteiger partial charge in [-0.25, -0.2) is 0 Å². The van der Waals surface area contributed by atoms with Crippen molar-refractivity contribution in [2.75, 3.05) is 6.54 Å². The Bertz CT molecular complexity index is 526. The van der Waals surface area contributed by atoms with Gasteiger partial charge in [0.1, 0.15) is 0 Å². The normalized spacial score (nSPS) is 12.6. The van der Waals surface area contributed by atoms with Crippen molar-refractivity contribution in [2.45, 2.75) is 25.8 Å². The number of halogens is 2. The van der Waals surface area contributed by atoms with Crippen molar-refractivity contribution in [1.82, 2.24) is 5.32 Å². The molecule has 1 N–H and O–H groups in total. The average molecular weight is 343 g/mol. The first-order valence-corrected chi connectivity index (χ1v) is 7.58. The maximum atomic E-state index is 6.10. The summed E-state index contributed by atoms with van der Waals surface area (Å²) >= 11 is 9.60. The fourth-order valence-corrected chi connectivity index (χ4v) is 2.76. The molecule has 1 aromatic carbocycles. The van der Waals surface area contributed by atoms with E-state index in [9.17, 15) is 0 Å². The second-order valence-corrected chi connectivity index (χ2v) is 5.75. The van der Waals surface area contributed by atoms with Gasteiger partial charge in [-0.2, -0.15) is 0 Å². The molecule has 102 valence electrons. The highest BCUT2D eigenvalue weighted by molar-refractivity contribution is 9.10. The Balaban J connectivity index is 2.16. The number of hydrogen-bond donors (Lipinski definition) is 1. The van der Waals surface area contributed by atoms with Gasteiger partial charge in [-0.15, -0.1) is 0 Å². The SMILES string of the molecule is CCCNC(Cc1cccc(Br)c1)c1ccoc1Cl. The van der Waals surface area contributed by atoms with Crippen molar-refractivity contribution < 1.29 is 4.42 Å². The Morgan fingerprint density at radius 3 is 2.84 bits per heavy atom. The van der Waals surface area contributed by atoms with Crippen LogP contribution in [0.3, 0.4) is 0 Å². The lowest BCUT2D eigenvalue weighted by atomic mass is 10.0. The van der Waals surface area contributed by atoms with Gasteiger partial charge in [0.05, 0.1) is 6.26 Å². The molecule has 2 aromatic rings. The van der Waals surface area contributed by atoms with Gasteiger partial charge in [0.25, 0.3) is 0 Å². The molecule has 0 amide bonds. The van der Waals surface area contributed by atoms with Crippen LogP contribution in [0.15, 0.2) is 45.5 Å². The minimum Gasteiger partial charge on any atom is -0.453 e. The van der Waals surface area contributed by atoms with E-state index in [0.29, 0.717) is 5.22 Å². The largest absolute Gasteiger partial charge is 0.453 e. The molecule has 1 aromatic heterocycles. The zero-order chi connectivity index (χ0) is 13.7. The number of benzene rings is 1. The lowest BCUT2D eigenvalue weighted by Crippen LogP contribution is -2.24. The lowest BCUT2D eigenvalue weighted by molar-refractivity contribution is 0.513. The molecule has 0 saturated heterocycles. The van der Waals surface area contributed by atoms with Crippen LogP contribution >= 0.6 is 27.5 Å². The highest BCUT2D eigenvalue weighted by Crippen LogP contribution is 2.27. The maximum Gasteiger partial charge on any atom is 0.197 e. The smallest absolute Gasteiger partial charge is 0.197 e. The van der Waals surface area contributed by atoms with Crippen molar-refractivity contribution in [3.8, 4) is 0 Å². The lowest BCUT2D eigenvalue weighted by Gasteiger charge is -2.18.